The Kier molecular flexibility index (Phi) is 4.20. The lowest BCUT2D eigenvalue weighted by atomic mass is 10.2. The molecule has 0 unspecified atom stereocenters. The number of nitrogens with zero attached hydrogens (tertiary/aromatic N) is 3. The maximum absolute atomic E-state index is 8.68. The first kappa shape index (κ1) is 13.9. The van der Waals surface area contributed by atoms with Crippen molar-refractivity contribution < 1.29 is 5.21 Å². The van der Waals surface area contributed by atoms with Crippen LogP contribution in [-0.4, -0.2) is 23.1 Å². The number of benzene rings is 1. The minimum absolute atomic E-state index is 0.0184. The quantitative estimate of drug-likeness (QED) is 0.386. The van der Waals surface area contributed by atoms with E-state index < -0.39 is 0 Å². The molecule has 0 amide bonds. The molecule has 0 aliphatic heterocycles. The summed E-state index contributed by atoms with van der Waals surface area (Å²) in [6.45, 7) is 2.78. The zero-order valence-electron chi connectivity index (χ0n) is 11.6. The summed E-state index contributed by atoms with van der Waals surface area (Å²) in [4.78, 5) is 6.20. The fraction of sp³-hybridized carbons (Fsp3) is 0.200. The first-order chi connectivity index (χ1) is 9.60. The summed E-state index contributed by atoms with van der Waals surface area (Å²) in [6.07, 6.45) is 1.66. The molecule has 0 spiro atoms. The molecule has 5 nitrogen and oxygen atoms in total. The lowest BCUT2D eigenvalue weighted by molar-refractivity contribution is 0.318. The van der Waals surface area contributed by atoms with Gasteiger partial charge < -0.3 is 15.8 Å². The van der Waals surface area contributed by atoms with E-state index >= 15 is 0 Å². The van der Waals surface area contributed by atoms with Gasteiger partial charge in [0.15, 0.2) is 5.84 Å². The molecule has 0 atom stereocenters. The molecule has 0 saturated carbocycles. The van der Waals surface area contributed by atoms with Crippen LogP contribution in [0.25, 0.3) is 0 Å². The van der Waals surface area contributed by atoms with Gasteiger partial charge in [-0.1, -0.05) is 22.9 Å². The third-order valence-corrected chi connectivity index (χ3v) is 3.09. The topological polar surface area (TPSA) is 74.7 Å². The number of nitrogens with two attached hydrogens (primary N) is 1. The van der Waals surface area contributed by atoms with Crippen LogP contribution in [0, 0.1) is 6.92 Å². The lowest BCUT2D eigenvalue weighted by Crippen LogP contribution is -2.18. The minimum Gasteiger partial charge on any atom is -0.409 e. The van der Waals surface area contributed by atoms with E-state index in [0.717, 1.165) is 17.8 Å². The van der Waals surface area contributed by atoms with Crippen LogP contribution in [0.3, 0.4) is 0 Å². The summed E-state index contributed by atoms with van der Waals surface area (Å²) in [5.74, 6) is 0.0184. The third kappa shape index (κ3) is 3.26. The Balaban J connectivity index is 2.15. The molecular weight excluding hydrogens is 252 g/mol. The molecule has 2 aromatic rings. The van der Waals surface area contributed by atoms with Crippen LogP contribution < -0.4 is 10.6 Å². The van der Waals surface area contributed by atoms with Crippen LogP contribution in [0.5, 0.6) is 0 Å². The van der Waals surface area contributed by atoms with E-state index in [1.165, 1.54) is 5.56 Å². The van der Waals surface area contributed by atoms with E-state index in [-0.39, 0.29) is 5.84 Å². The van der Waals surface area contributed by atoms with Crippen LogP contribution >= 0.6 is 0 Å². The van der Waals surface area contributed by atoms with Crippen molar-refractivity contribution in [2.75, 3.05) is 11.9 Å². The molecule has 0 aliphatic carbocycles. The smallest absolute Gasteiger partial charge is 0.188 e. The van der Waals surface area contributed by atoms with Gasteiger partial charge in [0.25, 0.3) is 0 Å². The average Bonchev–Trinajstić information content (AvgIpc) is 2.47. The zero-order valence-corrected chi connectivity index (χ0v) is 11.6. The first-order valence-corrected chi connectivity index (χ1v) is 6.31. The summed E-state index contributed by atoms with van der Waals surface area (Å²) in [5.41, 5.74) is 9.44. The van der Waals surface area contributed by atoms with Gasteiger partial charge in [-0.05, 0) is 36.8 Å². The normalized spacial score (nSPS) is 11.4. The van der Waals surface area contributed by atoms with Gasteiger partial charge in [-0.3, -0.25) is 4.98 Å². The number of aryl methyl sites for hydroxylation is 1. The number of aromatic nitrogens is 1. The molecule has 0 bridgehead atoms. The highest BCUT2D eigenvalue weighted by atomic mass is 16.4. The Labute approximate surface area is 118 Å². The number of amidine groups is 1. The number of pyridine rings is 1. The predicted octanol–water partition coefficient (Wildman–Crippen LogP) is 2.12. The van der Waals surface area contributed by atoms with Gasteiger partial charge in [-0.2, -0.15) is 0 Å². The monoisotopic (exact) mass is 270 g/mol. The maximum Gasteiger partial charge on any atom is 0.188 e. The van der Waals surface area contributed by atoms with E-state index in [0.29, 0.717) is 5.69 Å². The Morgan fingerprint density at radius 1 is 1.30 bits per heavy atom. The molecule has 0 radical (unpaired) electrons. The van der Waals surface area contributed by atoms with Crippen LogP contribution in [0.4, 0.5) is 5.69 Å². The second-order valence-corrected chi connectivity index (χ2v) is 4.73. The number of oxime groups is 1. The zero-order chi connectivity index (χ0) is 14.5. The van der Waals surface area contributed by atoms with E-state index in [1.54, 1.807) is 6.20 Å². The SMILES string of the molecule is Cc1ccc(N(C)Cc2ccnc(C(N)=NO)c2)cc1. The molecule has 20 heavy (non-hydrogen) atoms. The van der Waals surface area contributed by atoms with E-state index in [1.807, 2.05) is 19.2 Å². The number of hydrogen-bond acceptors (Lipinski definition) is 4. The highest BCUT2D eigenvalue weighted by molar-refractivity contribution is 5.95. The highest BCUT2D eigenvalue weighted by Crippen LogP contribution is 2.16. The van der Waals surface area contributed by atoms with Gasteiger partial charge in [-0.25, -0.2) is 0 Å². The van der Waals surface area contributed by atoms with E-state index in [2.05, 4.69) is 46.2 Å². The molecule has 104 valence electrons. The second-order valence-electron chi connectivity index (χ2n) is 4.73. The van der Waals surface area contributed by atoms with Crippen molar-refractivity contribution in [3.8, 4) is 0 Å². The van der Waals surface area contributed by atoms with Crippen LogP contribution in [-0.2, 0) is 6.54 Å². The molecule has 1 heterocycles. The first-order valence-electron chi connectivity index (χ1n) is 6.31. The Bertz CT molecular complexity index is 608. The molecular formula is C15H18N4O. The maximum atomic E-state index is 8.68. The molecule has 3 N–H and O–H groups in total. The Morgan fingerprint density at radius 2 is 2.00 bits per heavy atom. The number of anilines is 1. The van der Waals surface area contributed by atoms with Crippen molar-refractivity contribution in [1.29, 1.82) is 0 Å². The van der Waals surface area contributed by atoms with Crippen molar-refractivity contribution in [2.24, 2.45) is 10.9 Å². The lowest BCUT2D eigenvalue weighted by Gasteiger charge is -2.19. The molecule has 1 aromatic heterocycles. The fourth-order valence-corrected chi connectivity index (χ4v) is 1.93. The van der Waals surface area contributed by atoms with Crippen LogP contribution in [0.2, 0.25) is 0 Å². The van der Waals surface area contributed by atoms with Crippen molar-refractivity contribution >= 4 is 11.5 Å². The van der Waals surface area contributed by atoms with Gasteiger partial charge in [-0.15, -0.1) is 0 Å². The molecule has 0 saturated heterocycles. The van der Waals surface area contributed by atoms with Gasteiger partial charge in [0.05, 0.1) is 0 Å². The summed E-state index contributed by atoms with van der Waals surface area (Å²) in [5, 5.41) is 11.6. The average molecular weight is 270 g/mol. The second kappa shape index (κ2) is 6.06. The van der Waals surface area contributed by atoms with Crippen LogP contribution in [0.1, 0.15) is 16.8 Å². The molecule has 1 aromatic carbocycles. The number of rotatable bonds is 4. The summed E-state index contributed by atoms with van der Waals surface area (Å²) < 4.78 is 0. The van der Waals surface area contributed by atoms with Crippen molar-refractivity contribution in [2.45, 2.75) is 13.5 Å². The van der Waals surface area contributed by atoms with Crippen molar-refractivity contribution in [3.63, 3.8) is 0 Å². The Hall–Kier alpha value is -2.56. The third-order valence-electron chi connectivity index (χ3n) is 3.09. The predicted molar refractivity (Wildman–Crippen MR) is 80.0 cm³/mol. The molecule has 5 heteroatoms. The van der Waals surface area contributed by atoms with Crippen molar-refractivity contribution in [1.82, 2.24) is 4.98 Å². The van der Waals surface area contributed by atoms with Gasteiger partial charge in [0.2, 0.25) is 0 Å². The van der Waals surface area contributed by atoms with E-state index in [9.17, 15) is 0 Å². The summed E-state index contributed by atoms with van der Waals surface area (Å²) in [7, 11) is 2.02. The number of hydrogen-bond donors (Lipinski definition) is 2. The molecule has 2 rings (SSSR count). The summed E-state index contributed by atoms with van der Waals surface area (Å²) in [6, 6.07) is 12.1. The standard InChI is InChI=1S/C15H18N4O/c1-11-3-5-13(6-4-11)19(2)10-12-7-8-17-14(9-12)15(16)18-20/h3-9,20H,10H2,1-2H3,(H2,16,18). The minimum atomic E-state index is 0.0184. The largest absolute Gasteiger partial charge is 0.409 e. The molecule has 0 aliphatic rings. The van der Waals surface area contributed by atoms with Crippen LogP contribution in [0.15, 0.2) is 47.8 Å². The summed E-state index contributed by atoms with van der Waals surface area (Å²) >= 11 is 0. The Morgan fingerprint density at radius 3 is 2.65 bits per heavy atom. The van der Waals surface area contributed by atoms with Gasteiger partial charge in [0.1, 0.15) is 5.69 Å². The highest BCUT2D eigenvalue weighted by Gasteiger charge is 2.05. The fourth-order valence-electron chi connectivity index (χ4n) is 1.93. The van der Waals surface area contributed by atoms with Gasteiger partial charge >= 0.3 is 0 Å². The van der Waals surface area contributed by atoms with E-state index in [4.69, 9.17) is 10.9 Å². The van der Waals surface area contributed by atoms with Gasteiger partial charge in [0, 0.05) is 25.5 Å². The molecule has 0 fully saturated rings. The van der Waals surface area contributed by atoms with Crippen molar-refractivity contribution in [3.05, 3.63) is 59.4 Å².